The molecule has 0 radical (unpaired) electrons. The number of aromatic amines is 1. The third kappa shape index (κ3) is 2.96. The van der Waals surface area contributed by atoms with Crippen molar-refractivity contribution in [2.45, 2.75) is 5.75 Å². The van der Waals surface area contributed by atoms with Gasteiger partial charge in [-0.2, -0.15) is 5.10 Å². The molecule has 5 heteroatoms. The molecular weight excluding hydrogens is 176 g/mol. The van der Waals surface area contributed by atoms with Gasteiger partial charge in [0.1, 0.15) is 0 Å². The van der Waals surface area contributed by atoms with Crippen LogP contribution in [0.1, 0.15) is 5.69 Å². The van der Waals surface area contributed by atoms with Gasteiger partial charge in [-0.05, 0) is 6.07 Å². The number of rotatable bonds is 4. The van der Waals surface area contributed by atoms with E-state index in [9.17, 15) is 4.79 Å². The van der Waals surface area contributed by atoms with E-state index in [1.807, 2.05) is 6.07 Å². The van der Waals surface area contributed by atoms with E-state index in [0.717, 1.165) is 11.4 Å². The van der Waals surface area contributed by atoms with Crippen molar-refractivity contribution in [2.24, 2.45) is 0 Å². The maximum Gasteiger partial charge on any atom is 0.315 e. The molecule has 0 fully saturated rings. The summed E-state index contributed by atoms with van der Waals surface area (Å²) in [6.07, 6.45) is 1.69. The average molecular weight is 186 g/mol. The second-order valence-electron chi connectivity index (χ2n) is 2.15. The number of esters is 1. The molecule has 0 aliphatic rings. The molecule has 0 bridgehead atoms. The van der Waals surface area contributed by atoms with Crippen molar-refractivity contribution in [3.8, 4) is 0 Å². The Balaban J connectivity index is 2.15. The second kappa shape index (κ2) is 4.82. The topological polar surface area (TPSA) is 55.0 Å². The number of carbonyl (C=O) groups is 1. The Morgan fingerprint density at radius 2 is 2.67 bits per heavy atom. The summed E-state index contributed by atoms with van der Waals surface area (Å²) in [5.74, 6) is 0.949. The van der Waals surface area contributed by atoms with Crippen molar-refractivity contribution in [2.75, 3.05) is 12.9 Å². The Bertz CT molecular complexity index is 236. The van der Waals surface area contributed by atoms with E-state index in [1.54, 1.807) is 6.20 Å². The fourth-order valence-electron chi connectivity index (χ4n) is 0.668. The predicted octanol–water partition coefficient (Wildman–Crippen LogP) is 0.816. The quantitative estimate of drug-likeness (QED) is 0.707. The number of aromatic nitrogens is 2. The van der Waals surface area contributed by atoms with E-state index in [0.29, 0.717) is 5.75 Å². The zero-order valence-electron chi connectivity index (χ0n) is 6.74. The zero-order chi connectivity index (χ0) is 8.81. The number of ether oxygens (including phenoxy) is 1. The van der Waals surface area contributed by atoms with E-state index in [4.69, 9.17) is 0 Å². The number of hydrogen-bond acceptors (Lipinski definition) is 4. The van der Waals surface area contributed by atoms with E-state index >= 15 is 0 Å². The molecule has 0 saturated heterocycles. The van der Waals surface area contributed by atoms with Crippen molar-refractivity contribution < 1.29 is 9.53 Å². The molecule has 1 aromatic rings. The molecule has 0 aliphatic heterocycles. The lowest BCUT2D eigenvalue weighted by Crippen LogP contribution is -2.03. The Morgan fingerprint density at radius 1 is 1.83 bits per heavy atom. The highest BCUT2D eigenvalue weighted by Crippen LogP contribution is 2.08. The molecule has 12 heavy (non-hydrogen) atoms. The smallest absolute Gasteiger partial charge is 0.315 e. The van der Waals surface area contributed by atoms with Crippen LogP contribution in [0.5, 0.6) is 0 Å². The van der Waals surface area contributed by atoms with Crippen LogP contribution in [0.15, 0.2) is 12.3 Å². The van der Waals surface area contributed by atoms with Gasteiger partial charge in [-0.3, -0.25) is 9.89 Å². The van der Waals surface area contributed by atoms with Crippen LogP contribution >= 0.6 is 11.8 Å². The molecule has 0 unspecified atom stereocenters. The van der Waals surface area contributed by atoms with E-state index in [2.05, 4.69) is 14.9 Å². The SMILES string of the molecule is COC(=O)CSCc1ccn[nH]1. The summed E-state index contributed by atoms with van der Waals surface area (Å²) in [5.41, 5.74) is 1.02. The van der Waals surface area contributed by atoms with E-state index < -0.39 is 0 Å². The van der Waals surface area contributed by atoms with Gasteiger partial charge in [0.2, 0.25) is 0 Å². The number of H-pyrrole nitrogens is 1. The Hall–Kier alpha value is -0.970. The van der Waals surface area contributed by atoms with Crippen molar-refractivity contribution in [3.63, 3.8) is 0 Å². The molecule has 0 atom stereocenters. The Morgan fingerprint density at radius 3 is 3.25 bits per heavy atom. The number of nitrogens with one attached hydrogen (secondary N) is 1. The number of nitrogens with zero attached hydrogens (tertiary/aromatic N) is 1. The summed E-state index contributed by atoms with van der Waals surface area (Å²) in [6, 6.07) is 1.88. The first-order chi connectivity index (χ1) is 5.83. The monoisotopic (exact) mass is 186 g/mol. The normalized spacial score (nSPS) is 9.75. The molecule has 0 aromatic carbocycles. The van der Waals surface area contributed by atoms with Gasteiger partial charge in [0.05, 0.1) is 12.9 Å². The van der Waals surface area contributed by atoms with Crippen LogP contribution in [0.25, 0.3) is 0 Å². The van der Waals surface area contributed by atoms with Gasteiger partial charge in [0, 0.05) is 17.6 Å². The fourth-order valence-corrected chi connectivity index (χ4v) is 1.44. The van der Waals surface area contributed by atoms with Crippen molar-refractivity contribution in [3.05, 3.63) is 18.0 Å². The van der Waals surface area contributed by atoms with Gasteiger partial charge in [-0.25, -0.2) is 0 Å². The lowest BCUT2D eigenvalue weighted by atomic mass is 10.5. The van der Waals surface area contributed by atoms with Gasteiger partial charge >= 0.3 is 5.97 Å². The van der Waals surface area contributed by atoms with Crippen molar-refractivity contribution in [1.29, 1.82) is 0 Å². The van der Waals surface area contributed by atoms with Gasteiger partial charge < -0.3 is 4.74 Å². The molecule has 0 spiro atoms. The molecule has 1 heterocycles. The van der Waals surface area contributed by atoms with Crippen LogP contribution in [0.3, 0.4) is 0 Å². The van der Waals surface area contributed by atoms with E-state index in [-0.39, 0.29) is 5.97 Å². The summed E-state index contributed by atoms with van der Waals surface area (Å²) in [5, 5.41) is 6.59. The number of carbonyl (C=O) groups excluding carboxylic acids is 1. The van der Waals surface area contributed by atoms with Gasteiger partial charge in [-0.15, -0.1) is 11.8 Å². The summed E-state index contributed by atoms with van der Waals surface area (Å²) in [6.45, 7) is 0. The Labute approximate surface area is 74.7 Å². The minimum atomic E-state index is -0.195. The van der Waals surface area contributed by atoms with Crippen LogP contribution in [0, 0.1) is 0 Å². The third-order valence-electron chi connectivity index (χ3n) is 1.26. The highest BCUT2D eigenvalue weighted by atomic mass is 32.2. The molecular formula is C7H10N2O2S. The second-order valence-corrected chi connectivity index (χ2v) is 3.14. The molecule has 0 saturated carbocycles. The maximum absolute atomic E-state index is 10.7. The molecule has 1 aromatic heterocycles. The van der Waals surface area contributed by atoms with Crippen LogP contribution in [-0.4, -0.2) is 29.0 Å². The standard InChI is InChI=1S/C7H10N2O2S/c1-11-7(10)5-12-4-6-2-3-8-9-6/h2-3H,4-5H2,1H3,(H,8,9). The molecule has 0 amide bonds. The van der Waals surface area contributed by atoms with Crippen LogP contribution in [0.4, 0.5) is 0 Å². The van der Waals surface area contributed by atoms with E-state index in [1.165, 1.54) is 18.9 Å². The van der Waals surface area contributed by atoms with Crippen LogP contribution in [0.2, 0.25) is 0 Å². The third-order valence-corrected chi connectivity index (χ3v) is 2.22. The van der Waals surface area contributed by atoms with Crippen molar-refractivity contribution >= 4 is 17.7 Å². The first-order valence-corrected chi connectivity index (χ1v) is 4.61. The molecule has 1 rings (SSSR count). The number of hydrogen-bond donors (Lipinski definition) is 1. The zero-order valence-corrected chi connectivity index (χ0v) is 7.56. The van der Waals surface area contributed by atoms with Gasteiger partial charge in [0.25, 0.3) is 0 Å². The lowest BCUT2D eigenvalue weighted by molar-refractivity contribution is -0.137. The van der Waals surface area contributed by atoms with Crippen molar-refractivity contribution in [1.82, 2.24) is 10.2 Å². The molecule has 66 valence electrons. The summed E-state index contributed by atoms with van der Waals surface area (Å²) < 4.78 is 4.48. The summed E-state index contributed by atoms with van der Waals surface area (Å²) in [7, 11) is 1.39. The van der Waals surface area contributed by atoms with Crippen LogP contribution < -0.4 is 0 Å². The van der Waals surface area contributed by atoms with Gasteiger partial charge in [-0.1, -0.05) is 0 Å². The van der Waals surface area contributed by atoms with Crippen LogP contribution in [-0.2, 0) is 15.3 Å². The highest BCUT2D eigenvalue weighted by Gasteiger charge is 2.00. The Kier molecular flexibility index (Phi) is 3.66. The van der Waals surface area contributed by atoms with Gasteiger partial charge in [0.15, 0.2) is 0 Å². The molecule has 0 aliphatic carbocycles. The predicted molar refractivity (Wildman–Crippen MR) is 46.8 cm³/mol. The number of thioether (sulfide) groups is 1. The first kappa shape index (κ1) is 9.12. The molecule has 4 nitrogen and oxygen atoms in total. The fraction of sp³-hybridized carbons (Fsp3) is 0.429. The molecule has 1 N–H and O–H groups in total. The minimum Gasteiger partial charge on any atom is -0.468 e. The largest absolute Gasteiger partial charge is 0.468 e. The summed E-state index contributed by atoms with van der Waals surface area (Å²) >= 11 is 1.50. The highest BCUT2D eigenvalue weighted by molar-refractivity contribution is 7.99. The average Bonchev–Trinajstić information content (AvgIpc) is 2.57. The summed E-state index contributed by atoms with van der Waals surface area (Å²) in [4.78, 5) is 10.7. The lowest BCUT2D eigenvalue weighted by Gasteiger charge is -1.97. The first-order valence-electron chi connectivity index (χ1n) is 3.45. The number of methoxy groups -OCH3 is 1. The minimum absolute atomic E-state index is 0.195. The maximum atomic E-state index is 10.7.